The lowest BCUT2D eigenvalue weighted by Crippen LogP contribution is -2.33. The number of anilines is 1. The molecule has 8 nitrogen and oxygen atoms in total. The van der Waals surface area contributed by atoms with Crippen molar-refractivity contribution in [1.82, 2.24) is 4.90 Å². The molecule has 0 spiro atoms. The van der Waals surface area contributed by atoms with Crippen molar-refractivity contribution >= 4 is 40.7 Å². The lowest BCUT2D eigenvalue weighted by atomic mass is 10.1. The Morgan fingerprint density at radius 2 is 1.96 bits per heavy atom. The number of nitrogens with zero attached hydrogens (tertiary/aromatic N) is 2. The number of carbonyl (C=O) groups excluding carboxylic acids is 3. The zero-order chi connectivity index (χ0) is 19.7. The molecule has 3 rings (SSSR count). The summed E-state index contributed by atoms with van der Waals surface area (Å²) >= 11 is 5.63. The molecule has 0 saturated heterocycles. The number of fused-ring (bicyclic) bond motifs is 1. The lowest BCUT2D eigenvalue weighted by molar-refractivity contribution is -0.385. The van der Waals surface area contributed by atoms with Gasteiger partial charge in [0.15, 0.2) is 0 Å². The van der Waals surface area contributed by atoms with E-state index in [1.807, 2.05) is 0 Å². The van der Waals surface area contributed by atoms with E-state index < -0.39 is 34.1 Å². The number of hydrogen-bond acceptors (Lipinski definition) is 5. The van der Waals surface area contributed by atoms with Gasteiger partial charge < -0.3 is 5.32 Å². The van der Waals surface area contributed by atoms with Crippen LogP contribution in [0.1, 0.15) is 27.1 Å². The van der Waals surface area contributed by atoms with Gasteiger partial charge in [0.25, 0.3) is 17.5 Å². The number of rotatable bonds is 5. The number of imide groups is 1. The van der Waals surface area contributed by atoms with Gasteiger partial charge in [0.2, 0.25) is 5.91 Å². The van der Waals surface area contributed by atoms with Crippen LogP contribution in [0.15, 0.2) is 36.4 Å². The maximum atomic E-state index is 13.1. The Balaban J connectivity index is 1.70. The Labute approximate surface area is 156 Å². The second kappa shape index (κ2) is 7.12. The Hall–Kier alpha value is -3.33. The maximum Gasteiger partial charge on any atom is 0.282 e. The Kier molecular flexibility index (Phi) is 4.87. The third-order valence-corrected chi connectivity index (χ3v) is 4.23. The van der Waals surface area contributed by atoms with E-state index in [2.05, 4.69) is 5.32 Å². The normalized spacial score (nSPS) is 12.9. The minimum atomic E-state index is -0.820. The summed E-state index contributed by atoms with van der Waals surface area (Å²) in [6.07, 6.45) is -0.242. The molecule has 1 heterocycles. The molecule has 0 atom stereocenters. The summed E-state index contributed by atoms with van der Waals surface area (Å²) in [6, 6.07) is 7.39. The van der Waals surface area contributed by atoms with Crippen LogP contribution in [0.4, 0.5) is 15.8 Å². The van der Waals surface area contributed by atoms with E-state index >= 15 is 0 Å². The number of nitro benzene ring substituents is 1. The number of nitrogens with one attached hydrogen (secondary N) is 1. The van der Waals surface area contributed by atoms with Crippen LogP contribution >= 0.6 is 11.6 Å². The topological polar surface area (TPSA) is 110 Å². The van der Waals surface area contributed by atoms with E-state index in [1.165, 1.54) is 24.3 Å². The van der Waals surface area contributed by atoms with Crippen LogP contribution in [0.2, 0.25) is 5.02 Å². The van der Waals surface area contributed by atoms with Crippen molar-refractivity contribution in [2.45, 2.75) is 6.42 Å². The van der Waals surface area contributed by atoms with Gasteiger partial charge in [-0.15, -0.1) is 0 Å². The van der Waals surface area contributed by atoms with E-state index in [-0.39, 0.29) is 34.8 Å². The second-order valence-corrected chi connectivity index (χ2v) is 6.05. The van der Waals surface area contributed by atoms with Crippen LogP contribution in [0, 0.1) is 15.9 Å². The van der Waals surface area contributed by atoms with Crippen molar-refractivity contribution in [1.29, 1.82) is 0 Å². The first-order valence-corrected chi connectivity index (χ1v) is 8.06. The molecule has 10 heteroatoms. The predicted octanol–water partition coefficient (Wildman–Crippen LogP) is 3.01. The van der Waals surface area contributed by atoms with Crippen LogP contribution in [-0.2, 0) is 4.79 Å². The number of benzene rings is 2. The highest BCUT2D eigenvalue weighted by molar-refractivity contribution is 6.31. The SMILES string of the molecule is O=C(CCN1C(=O)c2cccc([N+](=O)[O-])c2C1=O)Nc1ccc(F)c(Cl)c1. The first-order valence-electron chi connectivity index (χ1n) is 7.68. The van der Waals surface area contributed by atoms with Crippen molar-refractivity contribution < 1.29 is 23.7 Å². The molecule has 2 aromatic rings. The van der Waals surface area contributed by atoms with Crippen LogP contribution in [0.5, 0.6) is 0 Å². The molecule has 0 unspecified atom stereocenters. The van der Waals surface area contributed by atoms with Crippen molar-refractivity contribution in [3.63, 3.8) is 0 Å². The molecule has 138 valence electrons. The maximum absolute atomic E-state index is 13.1. The van der Waals surface area contributed by atoms with E-state index in [9.17, 15) is 28.9 Å². The summed E-state index contributed by atoms with van der Waals surface area (Å²) in [5.74, 6) is -2.69. The highest BCUT2D eigenvalue weighted by atomic mass is 35.5. The summed E-state index contributed by atoms with van der Waals surface area (Å²) in [4.78, 5) is 47.9. The van der Waals surface area contributed by atoms with Crippen molar-refractivity contribution in [2.24, 2.45) is 0 Å². The fraction of sp³-hybridized carbons (Fsp3) is 0.118. The molecule has 1 aliphatic rings. The van der Waals surface area contributed by atoms with Crippen LogP contribution in [0.3, 0.4) is 0 Å². The van der Waals surface area contributed by atoms with E-state index in [0.717, 1.165) is 17.0 Å². The number of halogens is 2. The molecule has 0 saturated carbocycles. The van der Waals surface area contributed by atoms with Crippen LogP contribution < -0.4 is 5.32 Å². The van der Waals surface area contributed by atoms with Gasteiger partial charge in [-0.25, -0.2) is 4.39 Å². The van der Waals surface area contributed by atoms with Gasteiger partial charge in [-0.1, -0.05) is 17.7 Å². The average molecular weight is 392 g/mol. The zero-order valence-electron chi connectivity index (χ0n) is 13.6. The van der Waals surface area contributed by atoms with Crippen molar-refractivity contribution in [3.8, 4) is 0 Å². The molecular weight excluding hydrogens is 381 g/mol. The van der Waals surface area contributed by atoms with E-state index in [0.29, 0.717) is 0 Å². The summed E-state index contributed by atoms with van der Waals surface area (Å²) in [5, 5.41) is 13.4. The van der Waals surface area contributed by atoms with Crippen LogP contribution in [0.25, 0.3) is 0 Å². The van der Waals surface area contributed by atoms with Gasteiger partial charge >= 0.3 is 0 Å². The number of carbonyl (C=O) groups is 3. The van der Waals surface area contributed by atoms with Gasteiger partial charge in [0.05, 0.1) is 15.5 Å². The number of nitro groups is 1. The summed E-state index contributed by atoms with van der Waals surface area (Å²) < 4.78 is 13.1. The first-order chi connectivity index (χ1) is 12.8. The van der Waals surface area contributed by atoms with Crippen LogP contribution in [-0.4, -0.2) is 34.1 Å². The van der Waals surface area contributed by atoms with Gasteiger partial charge in [-0.05, 0) is 24.3 Å². The predicted molar refractivity (Wildman–Crippen MR) is 93.1 cm³/mol. The molecule has 3 amide bonds. The Bertz CT molecular complexity index is 995. The molecule has 0 aliphatic carbocycles. The summed E-state index contributed by atoms with van der Waals surface area (Å²) in [6.45, 7) is -0.260. The molecule has 1 N–H and O–H groups in total. The Morgan fingerprint density at radius 3 is 2.63 bits per heavy atom. The standard InChI is InChI=1S/C17H11ClFN3O5/c18-11-8-9(4-5-12(11)19)20-14(23)6-7-21-16(24)10-2-1-3-13(22(26)27)15(10)17(21)25/h1-5,8H,6-7H2,(H,20,23). The third kappa shape index (κ3) is 3.49. The minimum absolute atomic E-state index is 0.0695. The molecule has 27 heavy (non-hydrogen) atoms. The second-order valence-electron chi connectivity index (χ2n) is 5.65. The Morgan fingerprint density at radius 1 is 1.22 bits per heavy atom. The zero-order valence-corrected chi connectivity index (χ0v) is 14.3. The van der Waals surface area contributed by atoms with E-state index in [1.54, 1.807) is 0 Å². The number of amides is 3. The first kappa shape index (κ1) is 18.5. The van der Waals surface area contributed by atoms with Gasteiger partial charge in [0.1, 0.15) is 11.4 Å². The largest absolute Gasteiger partial charge is 0.326 e. The van der Waals surface area contributed by atoms with Gasteiger partial charge in [-0.3, -0.25) is 29.4 Å². The average Bonchev–Trinajstić information content (AvgIpc) is 2.87. The fourth-order valence-corrected chi connectivity index (χ4v) is 2.86. The molecule has 0 bridgehead atoms. The van der Waals surface area contributed by atoms with Gasteiger partial charge in [-0.2, -0.15) is 0 Å². The summed E-state index contributed by atoms with van der Waals surface area (Å²) in [7, 11) is 0. The van der Waals surface area contributed by atoms with E-state index in [4.69, 9.17) is 11.6 Å². The van der Waals surface area contributed by atoms with Gasteiger partial charge in [0, 0.05) is 24.7 Å². The molecule has 1 aliphatic heterocycles. The van der Waals surface area contributed by atoms with Crippen molar-refractivity contribution in [2.75, 3.05) is 11.9 Å². The molecule has 0 radical (unpaired) electrons. The number of hydrogen-bond donors (Lipinski definition) is 1. The lowest BCUT2D eigenvalue weighted by Gasteiger charge is -2.13. The minimum Gasteiger partial charge on any atom is -0.326 e. The highest BCUT2D eigenvalue weighted by Crippen LogP contribution is 2.30. The molecule has 0 fully saturated rings. The molecule has 0 aromatic heterocycles. The van der Waals surface area contributed by atoms with Crippen molar-refractivity contribution in [3.05, 3.63) is 68.5 Å². The fourth-order valence-electron chi connectivity index (χ4n) is 2.68. The summed E-state index contributed by atoms with van der Waals surface area (Å²) in [5.41, 5.74) is -0.554. The quantitative estimate of drug-likeness (QED) is 0.478. The monoisotopic (exact) mass is 391 g/mol. The molecular formula is C17H11ClFN3O5. The highest BCUT2D eigenvalue weighted by Gasteiger charge is 2.40. The smallest absolute Gasteiger partial charge is 0.282 e. The third-order valence-electron chi connectivity index (χ3n) is 3.94. The molecule has 2 aromatic carbocycles.